The molecule has 10 heteroatoms. The second-order valence-corrected chi connectivity index (χ2v) is 9.00. The maximum absolute atomic E-state index is 13.2. The number of pyridine rings is 2. The molecule has 0 radical (unpaired) electrons. The lowest BCUT2D eigenvalue weighted by atomic mass is 10.0. The zero-order chi connectivity index (χ0) is 27.4. The molecule has 196 valence electrons. The summed E-state index contributed by atoms with van der Waals surface area (Å²) in [6.07, 6.45) is -5.05. The van der Waals surface area contributed by atoms with E-state index in [1.165, 1.54) is 24.3 Å². The molecular weight excluding hydrogens is 518 g/mol. The van der Waals surface area contributed by atoms with E-state index in [1.54, 1.807) is 12.1 Å². The van der Waals surface area contributed by atoms with E-state index in [4.69, 9.17) is 9.97 Å². The third-order valence-corrected chi connectivity index (χ3v) is 6.56. The van der Waals surface area contributed by atoms with E-state index in [2.05, 4.69) is 0 Å². The Morgan fingerprint density at radius 3 is 1.26 bits per heavy atom. The molecule has 0 aliphatic carbocycles. The van der Waals surface area contributed by atoms with Crippen LogP contribution in [-0.2, 0) is 18.8 Å². The molecule has 0 bridgehead atoms. The van der Waals surface area contributed by atoms with E-state index < -0.39 is 23.5 Å². The lowest BCUT2D eigenvalue weighted by Crippen LogP contribution is -2.05. The van der Waals surface area contributed by atoms with Crippen molar-refractivity contribution in [3.8, 4) is 22.5 Å². The molecular formula is C29H18F6N4. The molecule has 0 spiro atoms. The molecule has 4 aromatic heterocycles. The van der Waals surface area contributed by atoms with Crippen LogP contribution in [0.15, 0.2) is 97.3 Å². The highest BCUT2D eigenvalue weighted by Crippen LogP contribution is 2.35. The first-order valence-corrected chi connectivity index (χ1v) is 11.9. The van der Waals surface area contributed by atoms with E-state index in [-0.39, 0.29) is 6.42 Å². The number of rotatable bonds is 4. The first-order valence-electron chi connectivity index (χ1n) is 11.9. The van der Waals surface area contributed by atoms with Gasteiger partial charge < -0.3 is 8.80 Å². The van der Waals surface area contributed by atoms with Crippen molar-refractivity contribution in [2.75, 3.05) is 0 Å². The predicted molar refractivity (Wildman–Crippen MR) is 134 cm³/mol. The van der Waals surface area contributed by atoms with Gasteiger partial charge in [-0.2, -0.15) is 26.3 Å². The summed E-state index contributed by atoms with van der Waals surface area (Å²) in [4.78, 5) is 9.41. The SMILES string of the molecule is FC(F)(F)c1ccc(-c2nc3ccccn3c2Cc2c(-c3ccc(C(F)(F)F)cc3)nc3ccccn23)cc1. The molecule has 0 unspecified atom stereocenters. The zero-order valence-electron chi connectivity index (χ0n) is 20.0. The summed E-state index contributed by atoms with van der Waals surface area (Å²) in [5.74, 6) is 0. The fraction of sp³-hybridized carbons (Fsp3) is 0.103. The Bertz CT molecular complexity index is 1660. The molecule has 0 atom stereocenters. The predicted octanol–water partition coefficient (Wildman–Crippen LogP) is 7.94. The average Bonchev–Trinajstić information content (AvgIpc) is 3.47. The van der Waals surface area contributed by atoms with Crippen molar-refractivity contribution in [1.29, 1.82) is 0 Å². The van der Waals surface area contributed by atoms with Gasteiger partial charge in [0.05, 0.1) is 33.9 Å². The zero-order valence-corrected chi connectivity index (χ0v) is 20.0. The molecule has 0 aliphatic heterocycles. The Kier molecular flexibility index (Phi) is 5.71. The van der Waals surface area contributed by atoms with Gasteiger partial charge in [0.2, 0.25) is 0 Å². The normalized spacial score (nSPS) is 12.5. The van der Waals surface area contributed by atoms with E-state index in [1.807, 2.05) is 45.5 Å². The summed E-state index contributed by atoms with van der Waals surface area (Å²) in [5.41, 5.74) is 3.09. The Balaban J connectivity index is 1.51. The lowest BCUT2D eigenvalue weighted by molar-refractivity contribution is -0.138. The number of halogens is 6. The second-order valence-electron chi connectivity index (χ2n) is 9.00. The molecule has 0 saturated carbocycles. The highest BCUT2D eigenvalue weighted by atomic mass is 19.4. The van der Waals surface area contributed by atoms with Crippen molar-refractivity contribution in [2.45, 2.75) is 18.8 Å². The van der Waals surface area contributed by atoms with Crippen LogP contribution in [0.25, 0.3) is 33.8 Å². The van der Waals surface area contributed by atoms with Gasteiger partial charge in [0, 0.05) is 29.9 Å². The van der Waals surface area contributed by atoms with Crippen molar-refractivity contribution in [1.82, 2.24) is 18.8 Å². The van der Waals surface area contributed by atoms with E-state index in [0.29, 0.717) is 45.2 Å². The first kappa shape index (κ1) is 24.7. The van der Waals surface area contributed by atoms with Crippen molar-refractivity contribution >= 4 is 11.3 Å². The maximum Gasteiger partial charge on any atom is 0.416 e. The van der Waals surface area contributed by atoms with Crippen LogP contribution in [0.2, 0.25) is 0 Å². The third kappa shape index (κ3) is 4.52. The molecule has 2 aromatic carbocycles. The minimum absolute atomic E-state index is 0.253. The molecule has 39 heavy (non-hydrogen) atoms. The third-order valence-electron chi connectivity index (χ3n) is 6.56. The largest absolute Gasteiger partial charge is 0.416 e. The van der Waals surface area contributed by atoms with Crippen molar-refractivity contribution in [3.05, 3.63) is 120 Å². The fourth-order valence-corrected chi connectivity index (χ4v) is 4.69. The number of hydrogen-bond acceptors (Lipinski definition) is 2. The lowest BCUT2D eigenvalue weighted by Gasteiger charge is -2.11. The van der Waals surface area contributed by atoms with Crippen molar-refractivity contribution < 1.29 is 26.3 Å². The van der Waals surface area contributed by atoms with Crippen LogP contribution in [0.1, 0.15) is 22.5 Å². The van der Waals surface area contributed by atoms with Crippen LogP contribution in [0.4, 0.5) is 26.3 Å². The van der Waals surface area contributed by atoms with Gasteiger partial charge in [0.25, 0.3) is 0 Å². The van der Waals surface area contributed by atoms with Gasteiger partial charge >= 0.3 is 12.4 Å². The molecule has 0 aliphatic rings. The summed E-state index contributed by atoms with van der Waals surface area (Å²) >= 11 is 0. The summed E-state index contributed by atoms with van der Waals surface area (Å²) in [5, 5.41) is 0. The first-order chi connectivity index (χ1) is 18.6. The maximum atomic E-state index is 13.2. The topological polar surface area (TPSA) is 34.6 Å². The van der Waals surface area contributed by atoms with Crippen LogP contribution >= 0.6 is 0 Å². The molecule has 0 amide bonds. The highest BCUT2D eigenvalue weighted by molar-refractivity contribution is 5.71. The molecule has 6 aromatic rings. The van der Waals surface area contributed by atoms with Crippen molar-refractivity contribution in [3.63, 3.8) is 0 Å². The van der Waals surface area contributed by atoms with Crippen LogP contribution in [0, 0.1) is 0 Å². The van der Waals surface area contributed by atoms with E-state index >= 15 is 0 Å². The van der Waals surface area contributed by atoms with Gasteiger partial charge in [-0.25, -0.2) is 9.97 Å². The van der Waals surface area contributed by atoms with Gasteiger partial charge in [0.15, 0.2) is 0 Å². The van der Waals surface area contributed by atoms with E-state index in [0.717, 1.165) is 24.3 Å². The average molecular weight is 536 g/mol. The summed E-state index contributed by atoms with van der Waals surface area (Å²) < 4.78 is 82.7. The fourth-order valence-electron chi connectivity index (χ4n) is 4.69. The van der Waals surface area contributed by atoms with Crippen molar-refractivity contribution in [2.24, 2.45) is 0 Å². The van der Waals surface area contributed by atoms with Crippen LogP contribution in [-0.4, -0.2) is 18.8 Å². The van der Waals surface area contributed by atoms with Crippen LogP contribution < -0.4 is 0 Å². The Morgan fingerprint density at radius 1 is 0.513 bits per heavy atom. The molecule has 0 fully saturated rings. The van der Waals surface area contributed by atoms with Gasteiger partial charge in [0.1, 0.15) is 11.3 Å². The monoisotopic (exact) mass is 536 g/mol. The Labute approximate surface area is 217 Å². The number of fused-ring (bicyclic) bond motifs is 2. The number of alkyl halides is 6. The smallest absolute Gasteiger partial charge is 0.303 e. The molecule has 6 rings (SSSR count). The molecule has 4 nitrogen and oxygen atoms in total. The number of aromatic nitrogens is 4. The Hall–Kier alpha value is -4.60. The highest BCUT2D eigenvalue weighted by Gasteiger charge is 2.31. The van der Waals surface area contributed by atoms with Crippen LogP contribution in [0.5, 0.6) is 0 Å². The van der Waals surface area contributed by atoms with Gasteiger partial charge in [-0.15, -0.1) is 0 Å². The van der Waals surface area contributed by atoms with Gasteiger partial charge in [-0.05, 0) is 48.5 Å². The Morgan fingerprint density at radius 2 is 0.897 bits per heavy atom. The summed E-state index contributed by atoms with van der Waals surface area (Å²) in [6, 6.07) is 20.5. The van der Waals surface area contributed by atoms with E-state index in [9.17, 15) is 26.3 Å². The second kappa shape index (κ2) is 9.00. The number of hydrogen-bond donors (Lipinski definition) is 0. The number of imidazole rings is 2. The van der Waals surface area contributed by atoms with Gasteiger partial charge in [-0.1, -0.05) is 36.4 Å². The molecule has 0 N–H and O–H groups in total. The standard InChI is InChI=1S/C29H18F6N4/c30-28(31,32)20-11-7-18(8-12-20)26-22(38-15-3-1-5-24(38)36-26)17-23-27(37-25-6-2-4-16-39(23)25)19-9-13-21(14-10-19)29(33,34)35/h1-16H,17H2. The van der Waals surface area contributed by atoms with Gasteiger partial charge in [-0.3, -0.25) is 0 Å². The van der Waals surface area contributed by atoms with Crippen LogP contribution in [0.3, 0.4) is 0 Å². The number of nitrogens with zero attached hydrogens (tertiary/aromatic N) is 4. The molecule has 0 saturated heterocycles. The minimum Gasteiger partial charge on any atom is -0.303 e. The molecule has 4 heterocycles. The quantitative estimate of drug-likeness (QED) is 0.214. The number of benzene rings is 2. The minimum atomic E-state index is -4.46. The summed E-state index contributed by atoms with van der Waals surface area (Å²) in [7, 11) is 0. The summed E-state index contributed by atoms with van der Waals surface area (Å²) in [6.45, 7) is 0.